The number of aromatic hydroxyl groups is 2. The third-order valence-electron chi connectivity index (χ3n) is 8.64. The van der Waals surface area contributed by atoms with Crippen LogP contribution in [0.3, 0.4) is 0 Å². The van der Waals surface area contributed by atoms with E-state index in [1.54, 1.807) is 24.3 Å². The van der Waals surface area contributed by atoms with Crippen molar-refractivity contribution < 1.29 is 54.8 Å². The second-order valence-electron chi connectivity index (χ2n) is 12.2. The van der Waals surface area contributed by atoms with Gasteiger partial charge in [0.2, 0.25) is 0 Å². The molecule has 0 spiro atoms. The Labute approximate surface area is 274 Å². The number of rotatable bonds is 20. The number of phenolic OH excluding ortho intramolecular Hbond substituents is 2. The lowest BCUT2D eigenvalue weighted by Gasteiger charge is -2.33. The third kappa shape index (κ3) is 9.31. The number of hydrogen-bond donors (Lipinski definition) is 3. The van der Waals surface area contributed by atoms with Crippen molar-refractivity contribution in [3.63, 3.8) is 0 Å². The highest BCUT2D eigenvalue weighted by Gasteiger charge is 2.81. The molecule has 1 heterocycles. The summed E-state index contributed by atoms with van der Waals surface area (Å²) in [5.74, 6) is -18.6. The second kappa shape index (κ2) is 16.5. The molecular weight excluding hydrogens is 655 g/mol. The van der Waals surface area contributed by atoms with Crippen LogP contribution >= 0.6 is 0 Å². The Hall–Kier alpha value is -3.13. The first-order valence-electron chi connectivity index (χ1n) is 16.1. The van der Waals surface area contributed by atoms with E-state index in [-0.39, 0.29) is 30.9 Å². The van der Waals surface area contributed by atoms with E-state index in [1.165, 1.54) is 0 Å². The van der Waals surface area contributed by atoms with Crippen LogP contribution in [0.15, 0.2) is 42.5 Å². The quantitative estimate of drug-likeness (QED) is 0.0812. The Kier molecular flexibility index (Phi) is 13.5. The maximum Gasteiger partial charge on any atom is 0.460 e. The minimum absolute atomic E-state index is 0.0535. The van der Waals surface area contributed by atoms with Gasteiger partial charge in [-0.2, -0.15) is 39.5 Å². The maximum atomic E-state index is 13.7. The third-order valence-corrected chi connectivity index (χ3v) is 8.64. The first-order chi connectivity index (χ1) is 22.4. The number of hydrogen-bond acceptors (Lipinski definition) is 4. The predicted molar refractivity (Wildman–Crippen MR) is 166 cm³/mol. The monoisotopic (exact) mass is 698 g/mol. The molecule has 270 valence electrons. The van der Waals surface area contributed by atoms with Gasteiger partial charge in [0.05, 0.1) is 12.3 Å². The molecule has 14 heteroatoms. The minimum atomic E-state index is -6.85. The van der Waals surface area contributed by atoms with E-state index in [2.05, 4.69) is 4.57 Å². The number of aliphatic hydroxyl groups excluding tert-OH is 1. The maximum absolute atomic E-state index is 13.7. The normalized spacial score (nSPS) is 13.2. The number of benzene rings is 2. The predicted octanol–water partition coefficient (Wildman–Crippen LogP) is 9.69. The summed E-state index contributed by atoms with van der Waals surface area (Å²) in [4.78, 5) is 1.97. The molecule has 0 saturated carbocycles. The van der Waals surface area contributed by atoms with Crippen LogP contribution in [0, 0.1) is 6.92 Å². The molecule has 3 N–H and O–H groups in total. The van der Waals surface area contributed by atoms with Crippen molar-refractivity contribution in [3.05, 3.63) is 48.0 Å². The molecule has 0 saturated heterocycles. The number of aryl methyl sites for hydroxylation is 2. The Bertz CT molecular complexity index is 1440. The summed E-state index contributed by atoms with van der Waals surface area (Å²) in [7, 11) is 0. The molecule has 0 bridgehead atoms. The van der Waals surface area contributed by atoms with Crippen LogP contribution in [0.1, 0.15) is 69.8 Å². The molecule has 0 aliphatic heterocycles. The van der Waals surface area contributed by atoms with Crippen LogP contribution in [0.4, 0.5) is 39.5 Å². The van der Waals surface area contributed by atoms with Gasteiger partial charge in [-0.1, -0.05) is 32.1 Å². The van der Waals surface area contributed by atoms with Crippen molar-refractivity contribution in [2.45, 2.75) is 102 Å². The molecule has 2 aromatic carbocycles. The van der Waals surface area contributed by atoms with E-state index < -0.39 is 36.8 Å². The van der Waals surface area contributed by atoms with Gasteiger partial charge in [0.15, 0.2) is 0 Å². The molecule has 0 radical (unpaired) electrons. The Morgan fingerprint density at radius 3 is 1.77 bits per heavy atom. The molecule has 0 amide bonds. The first-order valence-corrected chi connectivity index (χ1v) is 16.1. The molecule has 0 aliphatic rings. The standard InChI is InChI=1S/C34H43F9N2O3/c1-24-28-23-27(48)15-16-29(28)45(30(24)25-11-13-26(47)14-12-25)20-10-5-2-4-8-18-44(21-22-46)19-9-6-3-7-17-31(35,36)32(37,38)33(39,40)34(41,42)43/h11-16,23,46-48H,2-10,17-22H2,1H3. The zero-order valence-corrected chi connectivity index (χ0v) is 26.8. The Balaban J connectivity index is 1.40. The van der Waals surface area contributed by atoms with Gasteiger partial charge in [0, 0.05) is 30.4 Å². The van der Waals surface area contributed by atoms with Crippen molar-refractivity contribution in [2.24, 2.45) is 0 Å². The number of aliphatic hydroxyl groups is 1. The van der Waals surface area contributed by atoms with Gasteiger partial charge in [-0.3, -0.25) is 0 Å². The molecule has 0 atom stereocenters. The van der Waals surface area contributed by atoms with Crippen molar-refractivity contribution in [1.29, 1.82) is 0 Å². The number of halogens is 9. The summed E-state index contributed by atoms with van der Waals surface area (Å²) in [5, 5.41) is 30.1. The molecule has 3 aromatic rings. The van der Waals surface area contributed by atoms with Gasteiger partial charge >= 0.3 is 23.9 Å². The molecule has 5 nitrogen and oxygen atoms in total. The molecule has 0 unspecified atom stereocenters. The van der Waals surface area contributed by atoms with Gasteiger partial charge in [0.25, 0.3) is 0 Å². The van der Waals surface area contributed by atoms with Crippen LogP contribution in [0.25, 0.3) is 22.2 Å². The molecule has 0 fully saturated rings. The van der Waals surface area contributed by atoms with Gasteiger partial charge in [0.1, 0.15) is 11.5 Å². The number of unbranched alkanes of at least 4 members (excludes halogenated alkanes) is 7. The van der Waals surface area contributed by atoms with Crippen molar-refractivity contribution in [2.75, 3.05) is 26.2 Å². The van der Waals surface area contributed by atoms with Crippen molar-refractivity contribution in [3.8, 4) is 22.8 Å². The number of phenols is 2. The fourth-order valence-electron chi connectivity index (χ4n) is 5.95. The van der Waals surface area contributed by atoms with Crippen LogP contribution < -0.4 is 0 Å². The van der Waals surface area contributed by atoms with E-state index in [0.717, 1.165) is 66.4 Å². The largest absolute Gasteiger partial charge is 0.508 e. The van der Waals surface area contributed by atoms with E-state index in [4.69, 9.17) is 0 Å². The average molecular weight is 699 g/mol. The minimum Gasteiger partial charge on any atom is -0.508 e. The summed E-state index contributed by atoms with van der Waals surface area (Å²) in [6.45, 7) is 4.15. The molecule has 48 heavy (non-hydrogen) atoms. The molecule has 1 aromatic heterocycles. The highest BCUT2D eigenvalue weighted by atomic mass is 19.4. The van der Waals surface area contributed by atoms with E-state index >= 15 is 0 Å². The van der Waals surface area contributed by atoms with Gasteiger partial charge < -0.3 is 24.8 Å². The zero-order valence-electron chi connectivity index (χ0n) is 26.8. The van der Waals surface area contributed by atoms with Crippen LogP contribution in [0.2, 0.25) is 0 Å². The van der Waals surface area contributed by atoms with Gasteiger partial charge in [-0.05, 0) is 99.3 Å². The smallest absolute Gasteiger partial charge is 0.460 e. The van der Waals surface area contributed by atoms with Gasteiger partial charge in [-0.25, -0.2) is 0 Å². The molecule has 0 aliphatic carbocycles. The summed E-state index contributed by atoms with van der Waals surface area (Å²) in [6, 6.07) is 12.3. The van der Waals surface area contributed by atoms with Crippen LogP contribution in [-0.2, 0) is 6.54 Å². The number of alkyl halides is 9. The summed E-state index contributed by atoms with van der Waals surface area (Å²) >= 11 is 0. The van der Waals surface area contributed by atoms with Crippen LogP contribution in [0.5, 0.6) is 11.5 Å². The lowest BCUT2D eigenvalue weighted by molar-refractivity contribution is -0.396. The SMILES string of the molecule is Cc1c(-c2ccc(O)cc2)n(CCCCCCCN(CCO)CCCCCCC(F)(F)C(F)(F)C(F)(F)C(F)(F)F)c2ccc(O)cc12. The highest BCUT2D eigenvalue weighted by molar-refractivity contribution is 5.92. The topological polar surface area (TPSA) is 68.9 Å². The summed E-state index contributed by atoms with van der Waals surface area (Å²) < 4.78 is 119. The highest BCUT2D eigenvalue weighted by Crippen LogP contribution is 2.54. The Morgan fingerprint density at radius 1 is 0.646 bits per heavy atom. The number of nitrogens with zero attached hydrogens (tertiary/aromatic N) is 2. The fraction of sp³-hybridized carbons (Fsp3) is 0.588. The summed E-state index contributed by atoms with van der Waals surface area (Å²) in [6.07, 6.45) is -4.03. The van der Waals surface area contributed by atoms with Gasteiger partial charge in [-0.15, -0.1) is 0 Å². The Morgan fingerprint density at radius 2 is 1.19 bits per heavy atom. The zero-order chi connectivity index (χ0) is 35.8. The lowest BCUT2D eigenvalue weighted by Crippen LogP contribution is -2.60. The van der Waals surface area contributed by atoms with E-state index in [1.807, 2.05) is 30.0 Å². The number of fused-ring (bicyclic) bond motifs is 1. The van der Waals surface area contributed by atoms with E-state index in [9.17, 15) is 54.8 Å². The lowest BCUT2D eigenvalue weighted by atomic mass is 9.98. The number of aromatic nitrogens is 1. The van der Waals surface area contributed by atoms with Crippen molar-refractivity contribution >= 4 is 10.9 Å². The first kappa shape index (κ1) is 39.3. The van der Waals surface area contributed by atoms with E-state index in [0.29, 0.717) is 26.1 Å². The fourth-order valence-corrected chi connectivity index (χ4v) is 5.95. The average Bonchev–Trinajstić information content (AvgIpc) is 3.28. The summed E-state index contributed by atoms with van der Waals surface area (Å²) in [5.41, 5.74) is 4.00. The molecular formula is C34H43F9N2O3. The van der Waals surface area contributed by atoms with Crippen molar-refractivity contribution in [1.82, 2.24) is 9.47 Å². The van der Waals surface area contributed by atoms with Crippen LogP contribution in [-0.4, -0.2) is 75.0 Å². The molecule has 3 rings (SSSR count). The second-order valence-corrected chi connectivity index (χ2v) is 12.2.